The molecule has 1 heterocycles. The van der Waals surface area contributed by atoms with E-state index in [1.165, 1.54) is 6.42 Å². The number of nitrogens with zero attached hydrogens (tertiary/aromatic N) is 2. The highest BCUT2D eigenvalue weighted by Crippen LogP contribution is 2.36. The molecule has 0 radical (unpaired) electrons. The van der Waals surface area contributed by atoms with Crippen molar-refractivity contribution in [3.63, 3.8) is 0 Å². The van der Waals surface area contributed by atoms with Gasteiger partial charge in [-0.3, -0.25) is 9.48 Å². The van der Waals surface area contributed by atoms with Crippen molar-refractivity contribution in [1.82, 2.24) is 9.78 Å². The fourth-order valence-electron chi connectivity index (χ4n) is 3.21. The monoisotopic (exact) mass is 264 g/mol. The van der Waals surface area contributed by atoms with Gasteiger partial charge in [0.1, 0.15) is 5.60 Å². The zero-order chi connectivity index (χ0) is 14.0. The summed E-state index contributed by atoms with van der Waals surface area (Å²) in [5.74, 6) is 0.760. The predicted molar refractivity (Wildman–Crippen MR) is 74.0 cm³/mol. The van der Waals surface area contributed by atoms with Crippen molar-refractivity contribution >= 4 is 5.78 Å². The van der Waals surface area contributed by atoms with Crippen LogP contribution in [0, 0.1) is 12.8 Å². The van der Waals surface area contributed by atoms with Crippen molar-refractivity contribution < 1.29 is 9.53 Å². The summed E-state index contributed by atoms with van der Waals surface area (Å²) < 4.78 is 7.45. The number of rotatable bonds is 4. The maximum Gasteiger partial charge on any atom is 0.170 e. The first kappa shape index (κ1) is 14.3. The number of Topliss-reactive ketones (excluding diaryl/α,β-unsaturated/α-hetero) is 1. The van der Waals surface area contributed by atoms with Gasteiger partial charge in [0.25, 0.3) is 0 Å². The Kier molecular flexibility index (Phi) is 4.09. The van der Waals surface area contributed by atoms with Crippen LogP contribution in [0.3, 0.4) is 0 Å². The molecule has 1 aliphatic rings. The molecule has 1 saturated carbocycles. The summed E-state index contributed by atoms with van der Waals surface area (Å²) in [7, 11) is 3.56. The number of carbonyl (C=O) groups is 1. The Balaban J connectivity index is 2.15. The smallest absolute Gasteiger partial charge is 0.170 e. The molecule has 4 heteroatoms. The van der Waals surface area contributed by atoms with Crippen LogP contribution in [0.15, 0.2) is 6.07 Å². The first-order valence-electron chi connectivity index (χ1n) is 7.05. The number of ether oxygens (including phenoxy) is 1. The van der Waals surface area contributed by atoms with Gasteiger partial charge >= 0.3 is 0 Å². The second-order valence-electron chi connectivity index (χ2n) is 5.90. The molecule has 4 nitrogen and oxygen atoms in total. The molecule has 0 amide bonds. The van der Waals surface area contributed by atoms with Gasteiger partial charge in [0.15, 0.2) is 5.78 Å². The zero-order valence-electron chi connectivity index (χ0n) is 12.4. The van der Waals surface area contributed by atoms with Crippen LogP contribution < -0.4 is 0 Å². The lowest BCUT2D eigenvalue weighted by atomic mass is 9.75. The van der Waals surface area contributed by atoms with Crippen molar-refractivity contribution in [3.05, 3.63) is 17.5 Å². The Morgan fingerprint density at radius 1 is 1.63 bits per heavy atom. The van der Waals surface area contributed by atoms with Gasteiger partial charge in [0, 0.05) is 19.9 Å². The maximum absolute atomic E-state index is 12.7. The van der Waals surface area contributed by atoms with Crippen LogP contribution in [0.2, 0.25) is 0 Å². The van der Waals surface area contributed by atoms with Crippen LogP contribution in [-0.2, 0) is 23.0 Å². The van der Waals surface area contributed by atoms with E-state index in [2.05, 4.69) is 12.0 Å². The Hall–Kier alpha value is -1.16. The Morgan fingerprint density at radius 2 is 2.37 bits per heavy atom. The lowest BCUT2D eigenvalue weighted by molar-refractivity contribution is -0.146. The Morgan fingerprint density at radius 3 is 2.89 bits per heavy atom. The molecule has 0 N–H and O–H groups in total. The standard InChI is InChI=1S/C15H24N2O2/c1-11-6-5-7-15(10-11,19-4)14(18)9-13-8-12(2)16-17(13)3/h8,11H,5-7,9-10H2,1-4H3. The molecule has 0 spiro atoms. The average molecular weight is 264 g/mol. The molecule has 0 saturated heterocycles. The lowest BCUT2D eigenvalue weighted by Crippen LogP contribution is -2.45. The molecule has 1 aromatic heterocycles. The molecule has 0 aromatic carbocycles. The van der Waals surface area contributed by atoms with E-state index >= 15 is 0 Å². The fourth-order valence-corrected chi connectivity index (χ4v) is 3.21. The summed E-state index contributed by atoms with van der Waals surface area (Å²) in [6, 6.07) is 1.98. The first-order chi connectivity index (χ1) is 8.97. The van der Waals surface area contributed by atoms with E-state index in [9.17, 15) is 4.79 Å². The molecular formula is C15H24N2O2. The minimum atomic E-state index is -0.574. The minimum absolute atomic E-state index is 0.199. The van der Waals surface area contributed by atoms with Crippen LogP contribution in [0.25, 0.3) is 0 Å². The van der Waals surface area contributed by atoms with Crippen LogP contribution >= 0.6 is 0 Å². The summed E-state index contributed by atoms with van der Waals surface area (Å²) in [4.78, 5) is 12.7. The van der Waals surface area contributed by atoms with Crippen molar-refractivity contribution in [2.75, 3.05) is 7.11 Å². The van der Waals surface area contributed by atoms with E-state index in [1.807, 2.05) is 20.0 Å². The summed E-state index contributed by atoms with van der Waals surface area (Å²) in [6.45, 7) is 4.15. The number of aromatic nitrogens is 2. The second kappa shape index (κ2) is 5.45. The summed E-state index contributed by atoms with van der Waals surface area (Å²) >= 11 is 0. The van der Waals surface area contributed by atoms with E-state index < -0.39 is 5.60 Å². The van der Waals surface area contributed by atoms with E-state index in [-0.39, 0.29) is 5.78 Å². The summed E-state index contributed by atoms with van der Waals surface area (Å²) in [5.41, 5.74) is 1.35. The third-order valence-corrected chi connectivity index (χ3v) is 4.30. The minimum Gasteiger partial charge on any atom is -0.370 e. The SMILES string of the molecule is COC1(C(=O)Cc2cc(C)nn2C)CCCC(C)C1. The van der Waals surface area contributed by atoms with E-state index in [4.69, 9.17) is 4.74 Å². The average Bonchev–Trinajstić information content (AvgIpc) is 2.67. The van der Waals surface area contributed by atoms with Crippen LogP contribution in [0.1, 0.15) is 44.0 Å². The summed E-state index contributed by atoms with van der Waals surface area (Å²) in [6.07, 6.45) is 4.38. The Labute approximate surface area is 115 Å². The van der Waals surface area contributed by atoms with Crippen molar-refractivity contribution in [2.45, 2.75) is 51.6 Å². The molecule has 1 aromatic rings. The molecule has 0 bridgehead atoms. The predicted octanol–water partition coefficient (Wildman–Crippen LogP) is 2.44. The van der Waals surface area contributed by atoms with E-state index in [0.29, 0.717) is 12.3 Å². The van der Waals surface area contributed by atoms with Gasteiger partial charge in [0.2, 0.25) is 0 Å². The molecule has 2 rings (SSSR count). The summed E-state index contributed by atoms with van der Waals surface area (Å²) in [5, 5.41) is 4.30. The van der Waals surface area contributed by atoms with Crippen molar-refractivity contribution in [1.29, 1.82) is 0 Å². The van der Waals surface area contributed by atoms with Gasteiger partial charge in [0.05, 0.1) is 12.1 Å². The van der Waals surface area contributed by atoms with Gasteiger partial charge in [-0.1, -0.05) is 13.3 Å². The molecule has 1 fully saturated rings. The topological polar surface area (TPSA) is 44.1 Å². The quantitative estimate of drug-likeness (QED) is 0.839. The largest absolute Gasteiger partial charge is 0.370 e. The van der Waals surface area contributed by atoms with Crippen LogP contribution in [0.5, 0.6) is 0 Å². The number of hydrogen-bond acceptors (Lipinski definition) is 3. The molecule has 106 valence electrons. The number of hydrogen-bond donors (Lipinski definition) is 0. The molecule has 2 unspecified atom stereocenters. The van der Waals surface area contributed by atoms with Gasteiger partial charge in [-0.25, -0.2) is 0 Å². The number of ketones is 1. The molecule has 2 atom stereocenters. The first-order valence-corrected chi connectivity index (χ1v) is 7.05. The van der Waals surface area contributed by atoms with E-state index in [1.54, 1.807) is 11.8 Å². The van der Waals surface area contributed by atoms with Crippen LogP contribution in [0.4, 0.5) is 0 Å². The van der Waals surface area contributed by atoms with Crippen molar-refractivity contribution in [3.8, 4) is 0 Å². The molecular weight excluding hydrogens is 240 g/mol. The van der Waals surface area contributed by atoms with Gasteiger partial charge in [-0.15, -0.1) is 0 Å². The third kappa shape index (κ3) is 2.89. The van der Waals surface area contributed by atoms with Gasteiger partial charge in [-0.05, 0) is 38.2 Å². The normalized spacial score (nSPS) is 27.5. The van der Waals surface area contributed by atoms with E-state index in [0.717, 1.165) is 30.7 Å². The second-order valence-corrected chi connectivity index (χ2v) is 5.90. The fraction of sp³-hybridized carbons (Fsp3) is 0.733. The highest BCUT2D eigenvalue weighted by molar-refractivity contribution is 5.89. The van der Waals surface area contributed by atoms with Crippen LogP contribution in [-0.4, -0.2) is 28.3 Å². The molecule has 0 aliphatic heterocycles. The highest BCUT2D eigenvalue weighted by Gasteiger charge is 2.41. The van der Waals surface area contributed by atoms with Gasteiger partial charge in [-0.2, -0.15) is 5.10 Å². The maximum atomic E-state index is 12.7. The highest BCUT2D eigenvalue weighted by atomic mass is 16.5. The Bertz CT molecular complexity index is 467. The zero-order valence-corrected chi connectivity index (χ0v) is 12.4. The number of aryl methyl sites for hydroxylation is 2. The van der Waals surface area contributed by atoms with Gasteiger partial charge < -0.3 is 4.74 Å². The lowest BCUT2D eigenvalue weighted by Gasteiger charge is -2.37. The third-order valence-electron chi connectivity index (χ3n) is 4.30. The van der Waals surface area contributed by atoms with Crippen molar-refractivity contribution in [2.24, 2.45) is 13.0 Å². The molecule has 19 heavy (non-hydrogen) atoms. The number of methoxy groups -OCH3 is 1. The number of carbonyl (C=O) groups excluding carboxylic acids is 1. The molecule has 1 aliphatic carbocycles.